The van der Waals surface area contributed by atoms with Crippen molar-refractivity contribution in [3.8, 4) is 0 Å². The number of hydrogen-bond acceptors (Lipinski definition) is 3. The van der Waals surface area contributed by atoms with E-state index in [1.807, 2.05) is 13.1 Å². The smallest absolute Gasteiger partial charge is 0.134 e. The average Bonchev–Trinajstić information content (AvgIpc) is 2.81. The van der Waals surface area contributed by atoms with E-state index in [1.165, 1.54) is 25.7 Å². The van der Waals surface area contributed by atoms with Crippen LogP contribution in [0.15, 0.2) is 6.07 Å². The topological polar surface area (TPSA) is 37.8 Å². The largest absolute Gasteiger partial charge is 0.373 e. The van der Waals surface area contributed by atoms with Crippen molar-refractivity contribution >= 4 is 5.82 Å². The minimum absolute atomic E-state index is 0.601. The van der Waals surface area contributed by atoms with E-state index in [0.29, 0.717) is 5.92 Å². The highest BCUT2D eigenvalue weighted by Crippen LogP contribution is 2.32. The minimum atomic E-state index is 0.601. The Morgan fingerprint density at radius 3 is 2.67 bits per heavy atom. The first-order chi connectivity index (χ1) is 7.33. The number of hydrogen-bond donors (Lipinski definition) is 1. The maximum absolute atomic E-state index is 4.63. The molecule has 0 aliphatic heterocycles. The lowest BCUT2D eigenvalue weighted by atomic mass is 10.1. The van der Waals surface area contributed by atoms with Gasteiger partial charge in [0.15, 0.2) is 0 Å². The summed E-state index contributed by atoms with van der Waals surface area (Å²) < 4.78 is 0. The molecule has 1 saturated carbocycles. The van der Waals surface area contributed by atoms with Crippen molar-refractivity contribution in [3.05, 3.63) is 17.6 Å². The van der Waals surface area contributed by atoms with Crippen LogP contribution in [0.5, 0.6) is 0 Å². The maximum atomic E-state index is 4.63. The predicted octanol–water partition coefficient (Wildman–Crippen LogP) is 2.74. The second kappa shape index (κ2) is 4.60. The van der Waals surface area contributed by atoms with Crippen LogP contribution in [0, 0.1) is 0 Å². The van der Waals surface area contributed by atoms with Crippen molar-refractivity contribution < 1.29 is 0 Å². The van der Waals surface area contributed by atoms with Crippen molar-refractivity contribution in [1.29, 1.82) is 0 Å². The summed E-state index contributed by atoms with van der Waals surface area (Å²) >= 11 is 0. The zero-order chi connectivity index (χ0) is 10.7. The van der Waals surface area contributed by atoms with Crippen molar-refractivity contribution in [2.45, 2.75) is 44.9 Å². The molecule has 0 bridgehead atoms. The molecule has 0 atom stereocenters. The lowest BCUT2D eigenvalue weighted by molar-refractivity contribution is 0.662. The third-order valence-corrected chi connectivity index (χ3v) is 3.14. The van der Waals surface area contributed by atoms with E-state index < -0.39 is 0 Å². The first kappa shape index (κ1) is 10.4. The average molecular weight is 205 g/mol. The van der Waals surface area contributed by atoms with Gasteiger partial charge in [-0.15, -0.1) is 0 Å². The molecule has 1 fully saturated rings. The molecule has 0 saturated heterocycles. The Hall–Kier alpha value is -1.12. The molecule has 82 valence electrons. The van der Waals surface area contributed by atoms with Gasteiger partial charge in [0.05, 0.1) is 0 Å². The van der Waals surface area contributed by atoms with Crippen LogP contribution in [-0.2, 0) is 6.42 Å². The Morgan fingerprint density at radius 1 is 1.33 bits per heavy atom. The SMILES string of the molecule is CCc1cc(NC)nc(C2CCCC2)n1. The van der Waals surface area contributed by atoms with Crippen LogP contribution < -0.4 is 5.32 Å². The molecule has 3 heteroatoms. The van der Waals surface area contributed by atoms with Gasteiger partial charge in [-0.2, -0.15) is 0 Å². The Kier molecular flexibility index (Phi) is 3.19. The lowest BCUT2D eigenvalue weighted by Crippen LogP contribution is -2.06. The quantitative estimate of drug-likeness (QED) is 0.824. The Balaban J connectivity index is 2.28. The van der Waals surface area contributed by atoms with Gasteiger partial charge in [0.1, 0.15) is 11.6 Å². The van der Waals surface area contributed by atoms with Crippen LogP contribution in [0.3, 0.4) is 0 Å². The summed E-state index contributed by atoms with van der Waals surface area (Å²) in [4.78, 5) is 9.19. The van der Waals surface area contributed by atoms with E-state index in [1.54, 1.807) is 0 Å². The van der Waals surface area contributed by atoms with Crippen LogP contribution in [-0.4, -0.2) is 17.0 Å². The second-order valence-electron chi connectivity index (χ2n) is 4.19. The van der Waals surface area contributed by atoms with Crippen molar-refractivity contribution in [1.82, 2.24) is 9.97 Å². The molecule has 15 heavy (non-hydrogen) atoms. The van der Waals surface area contributed by atoms with Crippen LogP contribution in [0.4, 0.5) is 5.82 Å². The molecule has 1 aliphatic carbocycles. The molecular weight excluding hydrogens is 186 g/mol. The Morgan fingerprint density at radius 2 is 2.07 bits per heavy atom. The molecular formula is C12H19N3. The highest BCUT2D eigenvalue weighted by molar-refractivity contribution is 5.35. The number of nitrogens with one attached hydrogen (secondary N) is 1. The molecule has 0 radical (unpaired) electrons. The van der Waals surface area contributed by atoms with Crippen LogP contribution in [0.25, 0.3) is 0 Å². The maximum Gasteiger partial charge on any atom is 0.134 e. The Bertz CT molecular complexity index is 307. The first-order valence-corrected chi connectivity index (χ1v) is 5.89. The van der Waals surface area contributed by atoms with Crippen molar-refractivity contribution in [2.24, 2.45) is 0 Å². The lowest BCUT2D eigenvalue weighted by Gasteiger charge is -2.11. The molecule has 1 aromatic rings. The summed E-state index contributed by atoms with van der Waals surface area (Å²) in [6, 6.07) is 2.04. The van der Waals surface area contributed by atoms with Gasteiger partial charge in [-0.1, -0.05) is 19.8 Å². The summed E-state index contributed by atoms with van der Waals surface area (Å²) in [5.41, 5.74) is 1.15. The van der Waals surface area contributed by atoms with Crippen LogP contribution in [0.2, 0.25) is 0 Å². The summed E-state index contributed by atoms with van der Waals surface area (Å²) in [5, 5.41) is 3.11. The molecule has 2 rings (SSSR count). The van der Waals surface area contributed by atoms with Crippen molar-refractivity contribution in [2.75, 3.05) is 12.4 Å². The van der Waals surface area contributed by atoms with Crippen LogP contribution >= 0.6 is 0 Å². The Labute approximate surface area is 91.3 Å². The van der Waals surface area contributed by atoms with E-state index in [0.717, 1.165) is 23.8 Å². The highest BCUT2D eigenvalue weighted by Gasteiger charge is 2.20. The minimum Gasteiger partial charge on any atom is -0.373 e. The van der Waals surface area contributed by atoms with E-state index in [9.17, 15) is 0 Å². The fraction of sp³-hybridized carbons (Fsp3) is 0.667. The third-order valence-electron chi connectivity index (χ3n) is 3.14. The molecule has 0 amide bonds. The van der Waals surface area contributed by atoms with Crippen molar-refractivity contribution in [3.63, 3.8) is 0 Å². The number of aryl methyl sites for hydroxylation is 1. The van der Waals surface area contributed by atoms with Gasteiger partial charge >= 0.3 is 0 Å². The van der Waals surface area contributed by atoms with Gasteiger partial charge in [-0.05, 0) is 19.3 Å². The van der Waals surface area contributed by atoms with Gasteiger partial charge in [0, 0.05) is 24.7 Å². The van der Waals surface area contributed by atoms with Gasteiger partial charge < -0.3 is 5.32 Å². The standard InChI is InChI=1S/C12H19N3/c1-3-10-8-11(13-2)15-12(14-10)9-6-4-5-7-9/h8-9H,3-7H2,1-2H3,(H,13,14,15). The van der Waals surface area contributed by atoms with E-state index >= 15 is 0 Å². The van der Waals surface area contributed by atoms with Crippen LogP contribution in [0.1, 0.15) is 50.0 Å². The molecule has 1 N–H and O–H groups in total. The number of aromatic nitrogens is 2. The molecule has 3 nitrogen and oxygen atoms in total. The van der Waals surface area contributed by atoms with Gasteiger partial charge in [-0.25, -0.2) is 9.97 Å². The van der Waals surface area contributed by atoms with Gasteiger partial charge in [0.2, 0.25) is 0 Å². The summed E-state index contributed by atoms with van der Waals surface area (Å²) in [6.45, 7) is 2.14. The summed E-state index contributed by atoms with van der Waals surface area (Å²) in [7, 11) is 1.92. The normalized spacial score (nSPS) is 16.9. The summed E-state index contributed by atoms with van der Waals surface area (Å²) in [6.07, 6.45) is 6.17. The van der Waals surface area contributed by atoms with E-state index in [4.69, 9.17) is 0 Å². The fourth-order valence-corrected chi connectivity index (χ4v) is 2.19. The van der Waals surface area contributed by atoms with Gasteiger partial charge in [-0.3, -0.25) is 0 Å². The van der Waals surface area contributed by atoms with E-state index in [-0.39, 0.29) is 0 Å². The number of rotatable bonds is 3. The first-order valence-electron chi connectivity index (χ1n) is 5.89. The van der Waals surface area contributed by atoms with E-state index in [2.05, 4.69) is 22.2 Å². The predicted molar refractivity (Wildman–Crippen MR) is 62.2 cm³/mol. The monoisotopic (exact) mass is 205 g/mol. The molecule has 1 heterocycles. The molecule has 0 aromatic carbocycles. The van der Waals surface area contributed by atoms with Gasteiger partial charge in [0.25, 0.3) is 0 Å². The number of anilines is 1. The highest BCUT2D eigenvalue weighted by atomic mass is 15.0. The zero-order valence-electron chi connectivity index (χ0n) is 9.58. The molecule has 0 unspecified atom stereocenters. The fourth-order valence-electron chi connectivity index (χ4n) is 2.19. The molecule has 1 aliphatic rings. The number of nitrogens with zero attached hydrogens (tertiary/aromatic N) is 2. The third kappa shape index (κ3) is 2.28. The second-order valence-corrected chi connectivity index (χ2v) is 4.19. The molecule has 0 spiro atoms. The molecule has 1 aromatic heterocycles. The summed E-state index contributed by atoms with van der Waals surface area (Å²) in [5.74, 6) is 2.61. The zero-order valence-corrected chi connectivity index (χ0v) is 9.58.